The van der Waals surface area contributed by atoms with E-state index in [9.17, 15) is 14.9 Å². The largest absolute Gasteiger partial charge is 0.510 e. The number of carbonyl (C=O) groups excluding carboxylic acids is 1. The second-order valence-electron chi connectivity index (χ2n) is 5.23. The van der Waals surface area contributed by atoms with Crippen LogP contribution in [0.3, 0.4) is 0 Å². The Bertz CT molecular complexity index is 793. The SMILES string of the molecule is C=C/C=C(/NC(=O)/C(N)=C(/C)O)C(=C)C.COc1ccc(N)c([N+](=O)[O-])c1. The number of rotatable bonds is 6. The number of nitro groups is 1. The van der Waals surface area contributed by atoms with Crippen LogP contribution in [0.15, 0.2) is 66.2 Å². The summed E-state index contributed by atoms with van der Waals surface area (Å²) in [5, 5.41) is 21.9. The Labute approximate surface area is 157 Å². The molecule has 0 aliphatic rings. The van der Waals surface area contributed by atoms with E-state index in [2.05, 4.69) is 18.5 Å². The average molecular weight is 376 g/mol. The van der Waals surface area contributed by atoms with E-state index in [4.69, 9.17) is 21.3 Å². The summed E-state index contributed by atoms with van der Waals surface area (Å²) in [7, 11) is 1.44. The number of allylic oxidation sites excluding steroid dienone is 4. The van der Waals surface area contributed by atoms with Gasteiger partial charge in [-0.3, -0.25) is 14.9 Å². The molecule has 146 valence electrons. The summed E-state index contributed by atoms with van der Waals surface area (Å²) in [6, 6.07) is 4.30. The number of hydrogen-bond donors (Lipinski definition) is 4. The minimum atomic E-state index is -0.564. The first-order valence-electron chi connectivity index (χ1n) is 7.58. The number of nitrogen functional groups attached to an aromatic ring is 1. The summed E-state index contributed by atoms with van der Waals surface area (Å²) in [5.41, 5.74) is 11.7. The molecule has 0 unspecified atom stereocenters. The molecule has 0 aliphatic carbocycles. The predicted molar refractivity (Wildman–Crippen MR) is 105 cm³/mol. The van der Waals surface area contributed by atoms with Crippen LogP contribution >= 0.6 is 0 Å². The van der Waals surface area contributed by atoms with Crippen molar-refractivity contribution in [2.75, 3.05) is 12.8 Å². The monoisotopic (exact) mass is 376 g/mol. The normalized spacial score (nSPS) is 11.3. The number of aliphatic hydroxyl groups is 1. The second kappa shape index (κ2) is 11.0. The van der Waals surface area contributed by atoms with Crippen molar-refractivity contribution in [3.63, 3.8) is 0 Å². The number of carbonyl (C=O) groups is 1. The highest BCUT2D eigenvalue weighted by Crippen LogP contribution is 2.25. The van der Waals surface area contributed by atoms with Crippen LogP contribution in [0.2, 0.25) is 0 Å². The highest BCUT2D eigenvalue weighted by atomic mass is 16.6. The van der Waals surface area contributed by atoms with E-state index in [0.717, 1.165) is 0 Å². The third-order valence-corrected chi connectivity index (χ3v) is 3.06. The summed E-state index contributed by atoms with van der Waals surface area (Å²) >= 11 is 0. The molecule has 0 fully saturated rings. The van der Waals surface area contributed by atoms with Gasteiger partial charge >= 0.3 is 0 Å². The van der Waals surface area contributed by atoms with E-state index < -0.39 is 10.8 Å². The molecule has 1 aromatic rings. The van der Waals surface area contributed by atoms with Gasteiger partial charge in [-0.1, -0.05) is 19.2 Å². The molecule has 9 heteroatoms. The number of amides is 1. The van der Waals surface area contributed by atoms with Crippen molar-refractivity contribution in [2.24, 2.45) is 5.73 Å². The van der Waals surface area contributed by atoms with Gasteiger partial charge in [0.15, 0.2) is 0 Å². The second-order valence-corrected chi connectivity index (χ2v) is 5.23. The first-order chi connectivity index (χ1) is 12.5. The van der Waals surface area contributed by atoms with Crippen LogP contribution in [0.4, 0.5) is 11.4 Å². The van der Waals surface area contributed by atoms with Crippen molar-refractivity contribution in [3.8, 4) is 5.75 Å². The van der Waals surface area contributed by atoms with Crippen LogP contribution in [0.5, 0.6) is 5.75 Å². The fraction of sp³-hybridized carbons (Fsp3) is 0.167. The third kappa shape index (κ3) is 7.78. The Morgan fingerprint density at radius 3 is 2.41 bits per heavy atom. The van der Waals surface area contributed by atoms with Gasteiger partial charge in [0.25, 0.3) is 11.6 Å². The first kappa shape index (κ1) is 23.2. The summed E-state index contributed by atoms with van der Waals surface area (Å²) in [6.45, 7) is 10.3. The van der Waals surface area contributed by atoms with Gasteiger partial charge in [-0.2, -0.15) is 0 Å². The molecule has 6 N–H and O–H groups in total. The number of ether oxygens (including phenoxy) is 1. The molecular weight excluding hydrogens is 352 g/mol. The van der Waals surface area contributed by atoms with Crippen LogP contribution in [0.25, 0.3) is 0 Å². The Balaban J connectivity index is 0.000000511. The fourth-order valence-electron chi connectivity index (χ4n) is 1.57. The first-order valence-corrected chi connectivity index (χ1v) is 7.58. The van der Waals surface area contributed by atoms with E-state index in [-0.39, 0.29) is 22.8 Å². The number of nitrogens with one attached hydrogen (secondary N) is 1. The molecule has 0 saturated carbocycles. The van der Waals surface area contributed by atoms with Crippen molar-refractivity contribution >= 4 is 17.3 Å². The predicted octanol–water partition coefficient (Wildman–Crippen LogP) is 2.68. The maximum absolute atomic E-state index is 11.4. The Hall–Kier alpha value is -3.75. The molecule has 0 radical (unpaired) electrons. The van der Waals surface area contributed by atoms with Crippen molar-refractivity contribution < 1.29 is 19.6 Å². The number of benzene rings is 1. The molecule has 0 aliphatic heterocycles. The molecule has 0 saturated heterocycles. The molecule has 9 nitrogen and oxygen atoms in total. The summed E-state index contributed by atoms with van der Waals surface area (Å²) in [6.07, 6.45) is 3.12. The number of methoxy groups -OCH3 is 1. The Morgan fingerprint density at radius 2 is 2.00 bits per heavy atom. The zero-order valence-corrected chi connectivity index (χ0v) is 15.5. The van der Waals surface area contributed by atoms with Gasteiger partial charge in [0, 0.05) is 5.70 Å². The van der Waals surface area contributed by atoms with Crippen molar-refractivity contribution in [3.05, 3.63) is 76.3 Å². The van der Waals surface area contributed by atoms with Gasteiger partial charge in [-0.05, 0) is 37.6 Å². The standard InChI is InChI=1S/C11H16N2O2.C7H8N2O3/c1-5-6-9(7(2)3)13-11(15)10(12)8(4)14;1-12-5-2-3-6(8)7(4-5)9(10)11/h5-6,14H,1-2,12H2,3-4H3,(H,13,15);2-4H,8H2,1H3/b9-6+,10-8+;. The number of nitrogens with zero attached hydrogens (tertiary/aromatic N) is 1. The van der Waals surface area contributed by atoms with Crippen molar-refractivity contribution in [1.82, 2.24) is 5.32 Å². The number of nitrogens with two attached hydrogens (primary N) is 2. The molecule has 0 bridgehead atoms. The zero-order chi connectivity index (χ0) is 21.1. The van der Waals surface area contributed by atoms with E-state index >= 15 is 0 Å². The Morgan fingerprint density at radius 1 is 1.41 bits per heavy atom. The van der Waals surface area contributed by atoms with Gasteiger partial charge in [0.2, 0.25) is 0 Å². The lowest BCUT2D eigenvalue weighted by atomic mass is 10.2. The number of nitro benzene ring substituents is 1. The minimum Gasteiger partial charge on any atom is -0.510 e. The summed E-state index contributed by atoms with van der Waals surface area (Å²) < 4.78 is 4.80. The van der Waals surface area contributed by atoms with Gasteiger partial charge in [0.1, 0.15) is 22.9 Å². The van der Waals surface area contributed by atoms with Crippen LogP contribution in [0, 0.1) is 10.1 Å². The van der Waals surface area contributed by atoms with E-state index in [0.29, 0.717) is 17.0 Å². The molecule has 1 amide bonds. The lowest BCUT2D eigenvalue weighted by molar-refractivity contribution is -0.384. The van der Waals surface area contributed by atoms with Crippen molar-refractivity contribution in [1.29, 1.82) is 0 Å². The van der Waals surface area contributed by atoms with Crippen LogP contribution in [0.1, 0.15) is 13.8 Å². The van der Waals surface area contributed by atoms with Crippen molar-refractivity contribution in [2.45, 2.75) is 13.8 Å². The number of hydrogen-bond acceptors (Lipinski definition) is 7. The van der Waals surface area contributed by atoms with Gasteiger partial charge in [-0.15, -0.1) is 0 Å². The van der Waals surface area contributed by atoms with Gasteiger partial charge < -0.3 is 26.6 Å². The number of aliphatic hydroxyl groups excluding tert-OH is 1. The fourth-order valence-corrected chi connectivity index (χ4v) is 1.57. The molecule has 1 aromatic carbocycles. The molecule has 0 spiro atoms. The molecule has 0 aromatic heterocycles. The van der Waals surface area contributed by atoms with E-state index in [1.54, 1.807) is 19.1 Å². The topological polar surface area (TPSA) is 154 Å². The molecule has 0 heterocycles. The van der Waals surface area contributed by atoms with Gasteiger partial charge in [0.05, 0.1) is 18.1 Å². The highest BCUT2D eigenvalue weighted by Gasteiger charge is 2.11. The third-order valence-electron chi connectivity index (χ3n) is 3.06. The highest BCUT2D eigenvalue weighted by molar-refractivity contribution is 5.94. The smallest absolute Gasteiger partial charge is 0.295 e. The number of anilines is 1. The minimum absolute atomic E-state index is 0.130. The average Bonchev–Trinajstić information content (AvgIpc) is 2.61. The molecule has 1 rings (SSSR count). The zero-order valence-electron chi connectivity index (χ0n) is 15.5. The molecule has 27 heavy (non-hydrogen) atoms. The van der Waals surface area contributed by atoms with Crippen LogP contribution < -0.4 is 21.5 Å². The van der Waals surface area contributed by atoms with E-state index in [1.165, 1.54) is 32.2 Å². The maximum atomic E-state index is 11.4. The lowest BCUT2D eigenvalue weighted by Crippen LogP contribution is -2.29. The summed E-state index contributed by atoms with van der Waals surface area (Å²) in [5.74, 6) is -0.353. The lowest BCUT2D eigenvalue weighted by Gasteiger charge is -2.09. The van der Waals surface area contributed by atoms with E-state index in [1.807, 2.05) is 0 Å². The van der Waals surface area contributed by atoms with Crippen LogP contribution in [-0.2, 0) is 4.79 Å². The summed E-state index contributed by atoms with van der Waals surface area (Å²) in [4.78, 5) is 21.2. The molecular formula is C18H24N4O5. The molecule has 0 atom stereocenters. The quantitative estimate of drug-likeness (QED) is 0.149. The Kier molecular flexibility index (Phi) is 9.45. The van der Waals surface area contributed by atoms with Crippen LogP contribution in [-0.4, -0.2) is 23.0 Å². The maximum Gasteiger partial charge on any atom is 0.295 e. The van der Waals surface area contributed by atoms with Gasteiger partial charge in [-0.25, -0.2) is 0 Å².